The van der Waals surface area contributed by atoms with Gasteiger partial charge in [-0.1, -0.05) is 6.07 Å². The first kappa shape index (κ1) is 10.2. The van der Waals surface area contributed by atoms with E-state index in [4.69, 9.17) is 0 Å². The second-order valence-corrected chi connectivity index (χ2v) is 4.60. The average Bonchev–Trinajstić information content (AvgIpc) is 2.97. The Morgan fingerprint density at radius 1 is 1.41 bits per heavy atom. The molecular weight excluding hydrogens is 234 g/mol. The van der Waals surface area contributed by atoms with E-state index < -0.39 is 0 Å². The van der Waals surface area contributed by atoms with Crippen molar-refractivity contribution in [3.05, 3.63) is 41.0 Å². The lowest BCUT2D eigenvalue weighted by Gasteiger charge is -2.07. The van der Waals surface area contributed by atoms with Crippen molar-refractivity contribution in [1.29, 1.82) is 0 Å². The Kier molecular flexibility index (Phi) is 2.49. The Balaban J connectivity index is 1.85. The third kappa shape index (κ3) is 1.99. The maximum Gasteiger partial charge on any atom is 0.243 e. The van der Waals surface area contributed by atoms with E-state index in [0.29, 0.717) is 5.95 Å². The van der Waals surface area contributed by atoms with Gasteiger partial charge in [0.1, 0.15) is 5.01 Å². The third-order valence-electron chi connectivity index (χ3n) is 2.41. The zero-order valence-corrected chi connectivity index (χ0v) is 10.1. The van der Waals surface area contributed by atoms with Gasteiger partial charge < -0.3 is 5.32 Å². The highest BCUT2D eigenvalue weighted by atomic mass is 32.1. The Labute approximate surface area is 102 Å². The summed E-state index contributed by atoms with van der Waals surface area (Å²) in [5.74, 6) is 0.624. The topological polar surface area (TPSA) is 55.1 Å². The quantitative estimate of drug-likeness (QED) is 0.769. The minimum Gasteiger partial charge on any atom is -0.344 e. The number of nitrogens with one attached hydrogen (secondary N) is 1. The van der Waals surface area contributed by atoms with Crippen molar-refractivity contribution >= 4 is 22.9 Å². The molecule has 5 nitrogen and oxygen atoms in total. The van der Waals surface area contributed by atoms with Crippen LogP contribution in [0.4, 0.5) is 5.95 Å². The molecule has 3 rings (SSSR count). The first-order chi connectivity index (χ1) is 8.33. The molecule has 0 amide bonds. The lowest BCUT2D eigenvalue weighted by Crippen LogP contribution is -2.07. The zero-order valence-electron chi connectivity index (χ0n) is 9.24. The number of hydrogen-bond acceptors (Lipinski definition) is 5. The Morgan fingerprint density at radius 2 is 2.35 bits per heavy atom. The standard InChI is InChI=1S/C11H11N5S/c1-8(10-12-5-7-17-10)13-11-14-9-4-2-3-6-16(9)15-11/h2-8H,1H3,(H,13,15). The molecule has 1 N–H and O–H groups in total. The van der Waals surface area contributed by atoms with Gasteiger partial charge in [0, 0.05) is 17.8 Å². The van der Waals surface area contributed by atoms with Gasteiger partial charge in [0.25, 0.3) is 0 Å². The third-order valence-corrected chi connectivity index (χ3v) is 3.37. The highest BCUT2D eigenvalue weighted by Gasteiger charge is 2.10. The van der Waals surface area contributed by atoms with Crippen molar-refractivity contribution in [1.82, 2.24) is 19.6 Å². The van der Waals surface area contributed by atoms with Crippen LogP contribution in [0, 0.1) is 0 Å². The first-order valence-corrected chi connectivity index (χ1v) is 6.18. The van der Waals surface area contributed by atoms with E-state index in [-0.39, 0.29) is 6.04 Å². The second kappa shape index (κ2) is 4.14. The van der Waals surface area contributed by atoms with Gasteiger partial charge in [-0.2, -0.15) is 4.98 Å². The van der Waals surface area contributed by atoms with Gasteiger partial charge in [0.05, 0.1) is 6.04 Å². The fraction of sp³-hybridized carbons (Fsp3) is 0.182. The molecule has 0 fully saturated rings. The van der Waals surface area contributed by atoms with Gasteiger partial charge in [0.2, 0.25) is 5.95 Å². The molecule has 0 aliphatic carbocycles. The molecule has 0 aliphatic heterocycles. The van der Waals surface area contributed by atoms with Crippen LogP contribution in [-0.2, 0) is 0 Å². The molecule has 1 unspecified atom stereocenters. The van der Waals surface area contributed by atoms with E-state index in [1.807, 2.05) is 36.7 Å². The summed E-state index contributed by atoms with van der Waals surface area (Å²) >= 11 is 1.62. The average molecular weight is 245 g/mol. The van der Waals surface area contributed by atoms with Crippen LogP contribution in [0.3, 0.4) is 0 Å². The maximum atomic E-state index is 4.38. The van der Waals surface area contributed by atoms with Crippen LogP contribution in [0.15, 0.2) is 36.0 Å². The van der Waals surface area contributed by atoms with Crippen molar-refractivity contribution in [2.45, 2.75) is 13.0 Å². The fourth-order valence-corrected chi connectivity index (χ4v) is 2.24. The summed E-state index contributed by atoms with van der Waals surface area (Å²) < 4.78 is 1.75. The largest absolute Gasteiger partial charge is 0.344 e. The maximum absolute atomic E-state index is 4.38. The number of pyridine rings is 1. The molecular formula is C11H11N5S. The van der Waals surface area contributed by atoms with E-state index >= 15 is 0 Å². The number of hydrogen-bond donors (Lipinski definition) is 1. The smallest absolute Gasteiger partial charge is 0.243 e. The molecule has 6 heteroatoms. The predicted molar refractivity (Wildman–Crippen MR) is 67.1 cm³/mol. The van der Waals surface area contributed by atoms with Crippen molar-refractivity contribution in [2.75, 3.05) is 5.32 Å². The molecule has 0 aliphatic rings. The lowest BCUT2D eigenvalue weighted by atomic mass is 10.4. The summed E-state index contributed by atoms with van der Waals surface area (Å²) in [5, 5.41) is 10.6. The minimum atomic E-state index is 0.118. The first-order valence-electron chi connectivity index (χ1n) is 5.30. The van der Waals surface area contributed by atoms with E-state index in [2.05, 4.69) is 20.4 Å². The van der Waals surface area contributed by atoms with Crippen molar-refractivity contribution in [3.8, 4) is 0 Å². The number of thiazole rings is 1. The molecule has 0 saturated heterocycles. The monoisotopic (exact) mass is 245 g/mol. The van der Waals surface area contributed by atoms with E-state index in [9.17, 15) is 0 Å². The Hall–Kier alpha value is -1.95. The van der Waals surface area contributed by atoms with Crippen LogP contribution >= 0.6 is 11.3 Å². The van der Waals surface area contributed by atoms with Crippen molar-refractivity contribution in [3.63, 3.8) is 0 Å². The molecule has 1 atom stereocenters. The van der Waals surface area contributed by atoms with E-state index in [0.717, 1.165) is 10.7 Å². The normalized spacial score (nSPS) is 12.8. The number of aromatic nitrogens is 4. The summed E-state index contributed by atoms with van der Waals surface area (Å²) in [6, 6.07) is 5.91. The van der Waals surface area contributed by atoms with Gasteiger partial charge in [-0.3, -0.25) is 0 Å². The summed E-state index contributed by atoms with van der Waals surface area (Å²) in [6.07, 6.45) is 3.68. The SMILES string of the molecule is CC(Nc1nc2ccccn2n1)c1nccs1. The van der Waals surface area contributed by atoms with Crippen LogP contribution in [-0.4, -0.2) is 19.6 Å². The van der Waals surface area contributed by atoms with E-state index in [1.54, 1.807) is 22.0 Å². The number of rotatable bonds is 3. The minimum absolute atomic E-state index is 0.118. The Morgan fingerprint density at radius 3 is 3.12 bits per heavy atom. The van der Waals surface area contributed by atoms with Crippen LogP contribution in [0.25, 0.3) is 5.65 Å². The fourth-order valence-electron chi connectivity index (χ4n) is 1.60. The van der Waals surface area contributed by atoms with Gasteiger partial charge in [-0.05, 0) is 19.1 Å². The summed E-state index contributed by atoms with van der Waals surface area (Å²) in [7, 11) is 0. The van der Waals surface area contributed by atoms with Crippen LogP contribution < -0.4 is 5.32 Å². The van der Waals surface area contributed by atoms with Crippen LogP contribution in [0.5, 0.6) is 0 Å². The molecule has 3 aromatic heterocycles. The molecule has 0 spiro atoms. The van der Waals surface area contributed by atoms with Gasteiger partial charge in [0.15, 0.2) is 5.65 Å². The van der Waals surface area contributed by atoms with Crippen LogP contribution in [0.2, 0.25) is 0 Å². The Bertz CT molecular complexity index is 583. The molecule has 17 heavy (non-hydrogen) atoms. The summed E-state index contributed by atoms with van der Waals surface area (Å²) in [6.45, 7) is 2.05. The van der Waals surface area contributed by atoms with Crippen LogP contribution in [0.1, 0.15) is 18.0 Å². The second-order valence-electron chi connectivity index (χ2n) is 3.68. The van der Waals surface area contributed by atoms with Crippen molar-refractivity contribution < 1.29 is 0 Å². The zero-order chi connectivity index (χ0) is 11.7. The number of nitrogens with zero attached hydrogens (tertiary/aromatic N) is 4. The highest BCUT2D eigenvalue weighted by molar-refractivity contribution is 7.09. The predicted octanol–water partition coefficient (Wildman–Crippen LogP) is 2.36. The number of fused-ring (bicyclic) bond motifs is 1. The molecule has 3 heterocycles. The molecule has 0 radical (unpaired) electrons. The number of anilines is 1. The van der Waals surface area contributed by atoms with Crippen molar-refractivity contribution in [2.24, 2.45) is 0 Å². The van der Waals surface area contributed by atoms with Gasteiger partial charge in [-0.25, -0.2) is 9.50 Å². The summed E-state index contributed by atoms with van der Waals surface area (Å²) in [5.41, 5.74) is 0.835. The van der Waals surface area contributed by atoms with E-state index in [1.165, 1.54) is 0 Å². The molecule has 0 bridgehead atoms. The molecule has 0 aromatic carbocycles. The van der Waals surface area contributed by atoms with Gasteiger partial charge >= 0.3 is 0 Å². The summed E-state index contributed by atoms with van der Waals surface area (Å²) in [4.78, 5) is 8.64. The molecule has 3 aromatic rings. The highest BCUT2D eigenvalue weighted by Crippen LogP contribution is 2.18. The van der Waals surface area contributed by atoms with Gasteiger partial charge in [-0.15, -0.1) is 16.4 Å². The lowest BCUT2D eigenvalue weighted by molar-refractivity contribution is 0.842. The molecule has 86 valence electrons. The molecule has 0 saturated carbocycles.